The van der Waals surface area contributed by atoms with Crippen molar-refractivity contribution in [2.24, 2.45) is 10.8 Å². The summed E-state index contributed by atoms with van der Waals surface area (Å²) in [6.45, 7) is 55.6. The van der Waals surface area contributed by atoms with E-state index in [9.17, 15) is 9.90 Å². The van der Waals surface area contributed by atoms with Gasteiger partial charge < -0.3 is 23.4 Å². The smallest absolute Gasteiger partial charge is 0.337 e. The molecule has 0 unspecified atom stereocenters. The van der Waals surface area contributed by atoms with E-state index >= 15 is 0 Å². The van der Waals surface area contributed by atoms with Crippen molar-refractivity contribution in [1.82, 2.24) is 0 Å². The Hall–Kier alpha value is -4.48. The van der Waals surface area contributed by atoms with E-state index in [1.807, 2.05) is 25.1 Å². The predicted molar refractivity (Wildman–Crippen MR) is 351 cm³/mol. The van der Waals surface area contributed by atoms with Crippen molar-refractivity contribution in [1.29, 1.82) is 0 Å². The fourth-order valence-electron chi connectivity index (χ4n) is 11.1. The van der Waals surface area contributed by atoms with E-state index in [-0.39, 0.29) is 49.9 Å². The minimum absolute atomic E-state index is 0.0405. The Morgan fingerprint density at radius 1 is 0.494 bits per heavy atom. The van der Waals surface area contributed by atoms with Gasteiger partial charge in [-0.1, -0.05) is 184 Å². The van der Waals surface area contributed by atoms with Crippen LogP contribution in [0.4, 0.5) is 0 Å². The number of ether oxygens (including phenoxy) is 2. The van der Waals surface area contributed by atoms with E-state index in [1.165, 1.54) is 51.6 Å². The van der Waals surface area contributed by atoms with Gasteiger partial charge in [-0.3, -0.25) is 0 Å². The second kappa shape index (κ2) is 27.5. The van der Waals surface area contributed by atoms with Crippen molar-refractivity contribution in [3.8, 4) is 11.5 Å². The molecule has 8 heteroatoms. The summed E-state index contributed by atoms with van der Waals surface area (Å²) in [4.78, 5) is 11.7. The molecule has 5 aromatic rings. The fourth-order valence-corrected chi connectivity index (χ4v) is 14.1. The Balaban J connectivity index is 0.000000362. The van der Waals surface area contributed by atoms with Gasteiger partial charge in [-0.2, -0.15) is 0 Å². The lowest BCUT2D eigenvalue weighted by Crippen LogP contribution is -2.47. The maximum absolute atomic E-state index is 11.7. The van der Waals surface area contributed by atoms with Gasteiger partial charge in [0.05, 0.1) is 24.9 Å². The third-order valence-electron chi connectivity index (χ3n) is 19.2. The lowest BCUT2D eigenvalue weighted by Gasteiger charge is -2.43. The average molecular weight is 1140 g/mol. The van der Waals surface area contributed by atoms with Crippen LogP contribution in [0.5, 0.6) is 11.5 Å². The Bertz CT molecular complexity index is 2820. The highest BCUT2D eigenvalue weighted by molar-refractivity contribution is 6.74. The number of aromatic hydroxyl groups is 1. The first-order valence-corrected chi connectivity index (χ1v) is 36.4. The Kier molecular flexibility index (Phi) is 23.4. The second-order valence-corrected chi connectivity index (χ2v) is 38.4. The second-order valence-electron chi connectivity index (χ2n) is 28.9. The molecule has 0 aliphatic heterocycles. The maximum atomic E-state index is 11.7. The molecule has 0 bridgehead atoms. The van der Waals surface area contributed by atoms with Gasteiger partial charge in [-0.05, 0) is 212 Å². The van der Waals surface area contributed by atoms with Crippen LogP contribution in [0.1, 0.15) is 221 Å². The van der Waals surface area contributed by atoms with Gasteiger partial charge >= 0.3 is 5.97 Å². The maximum Gasteiger partial charge on any atom is 0.337 e. The third-order valence-corrected chi connectivity index (χ3v) is 28.2. The molecule has 0 radical (unpaired) electrons. The standard InChI is InChI=1S/C41H60O4Si.C32H52O2Si/c1-14-41(15-2,35-23-24-36(30(4)27-35)44-28-31-16-18-33(19-17-31)38(42)43-11)34-22-20-32(29(3)26-34)21-25-37(39(5,6)7)45-46(12,13)40(8,9)10;1-13-32(14-2,27-18-19-28(33)24(4)22-27)26-17-15-25(23(3)21-26)16-20-29(30(5,6)7)34-35(11,12)31(8,9)10/h16-20,22-24,26-27,37H,14-15,21,25,28H2,1-13H3;15,17-19,21-22,29,33H,13-14,16,20H2,1-12H3/t37-;29-/m00/s1. The number of carbonyl (C=O) groups is 1. The number of benzene rings is 5. The van der Waals surface area contributed by atoms with Gasteiger partial charge in [0.2, 0.25) is 0 Å². The van der Waals surface area contributed by atoms with Crippen LogP contribution in [0.2, 0.25) is 36.3 Å². The summed E-state index contributed by atoms with van der Waals surface area (Å²) in [6, 6.07) is 34.4. The molecule has 0 aromatic heterocycles. The molecule has 2 atom stereocenters. The topological polar surface area (TPSA) is 74.2 Å². The summed E-state index contributed by atoms with van der Waals surface area (Å²) >= 11 is 0. The first kappa shape index (κ1) is 69.0. The van der Waals surface area contributed by atoms with E-state index in [2.05, 4.69) is 224 Å². The number of hydrogen-bond donors (Lipinski definition) is 1. The summed E-state index contributed by atoms with van der Waals surface area (Å²) in [7, 11) is -2.32. The molecule has 448 valence electrons. The van der Waals surface area contributed by atoms with Gasteiger partial charge in [0, 0.05) is 10.8 Å². The number of phenolic OH excluding ortho intramolecular Hbond substituents is 1. The van der Waals surface area contributed by atoms with Gasteiger partial charge in [-0.25, -0.2) is 4.79 Å². The van der Waals surface area contributed by atoms with Crippen molar-refractivity contribution in [2.45, 2.75) is 256 Å². The minimum atomic E-state index is -1.87. The number of hydrogen-bond acceptors (Lipinski definition) is 6. The Morgan fingerprint density at radius 3 is 1.17 bits per heavy atom. The largest absolute Gasteiger partial charge is 0.508 e. The van der Waals surface area contributed by atoms with Crippen LogP contribution in [0, 0.1) is 38.5 Å². The van der Waals surface area contributed by atoms with Gasteiger partial charge in [0.1, 0.15) is 18.1 Å². The van der Waals surface area contributed by atoms with Crippen LogP contribution in [-0.4, -0.2) is 47.0 Å². The Morgan fingerprint density at radius 2 is 0.852 bits per heavy atom. The molecule has 0 aliphatic carbocycles. The van der Waals surface area contributed by atoms with Crippen molar-refractivity contribution in [3.05, 3.63) is 164 Å². The summed E-state index contributed by atoms with van der Waals surface area (Å²) < 4.78 is 25.0. The lowest BCUT2D eigenvalue weighted by molar-refractivity contribution is 0.0600. The number of phenols is 1. The summed E-state index contributed by atoms with van der Waals surface area (Å²) in [5, 5.41) is 10.5. The molecule has 5 aromatic carbocycles. The number of rotatable bonds is 22. The highest BCUT2D eigenvalue weighted by atomic mass is 28.4. The molecule has 0 fully saturated rings. The zero-order valence-corrected chi connectivity index (χ0v) is 57.7. The Labute approximate surface area is 497 Å². The zero-order chi connectivity index (χ0) is 61.3. The van der Waals surface area contributed by atoms with Crippen LogP contribution >= 0.6 is 0 Å². The van der Waals surface area contributed by atoms with Crippen LogP contribution in [-0.2, 0) is 43.9 Å². The SMILES string of the molecule is CCC(CC)(c1ccc(CC[C@H](O[Si](C)(C)C(C)(C)C)C(C)(C)C)c(C)c1)c1ccc(OCc2ccc(C(=O)OC)cc2)c(C)c1.CCC(CC)(c1ccc(O)c(C)c1)c1ccc(CC[C@H](O[Si](C)(C)C(C)(C)C)C(C)(C)C)c(C)c1. The summed E-state index contributed by atoms with van der Waals surface area (Å²) in [5.74, 6) is 0.913. The molecule has 0 amide bonds. The molecule has 0 spiro atoms. The van der Waals surface area contributed by atoms with Gasteiger partial charge in [-0.15, -0.1) is 0 Å². The van der Waals surface area contributed by atoms with Crippen molar-refractivity contribution >= 4 is 22.6 Å². The molecule has 6 nitrogen and oxygen atoms in total. The lowest BCUT2D eigenvalue weighted by atomic mass is 9.69. The third kappa shape index (κ3) is 17.1. The quantitative estimate of drug-likeness (QED) is 0.0550. The van der Waals surface area contributed by atoms with Crippen LogP contribution in [0.25, 0.3) is 0 Å². The fraction of sp³-hybridized carbons (Fsp3) is 0.575. The molecule has 1 N–H and O–H groups in total. The number of aryl methyl sites for hydroxylation is 6. The van der Waals surface area contributed by atoms with Gasteiger partial charge in [0.15, 0.2) is 16.6 Å². The van der Waals surface area contributed by atoms with E-state index in [0.29, 0.717) is 17.9 Å². The van der Waals surface area contributed by atoms with Crippen molar-refractivity contribution in [3.63, 3.8) is 0 Å². The molecule has 0 saturated carbocycles. The molecule has 0 saturated heterocycles. The number of methoxy groups -OCH3 is 1. The van der Waals surface area contributed by atoms with Crippen molar-refractivity contribution < 1.29 is 28.2 Å². The number of carbonyl (C=O) groups excluding carboxylic acids is 1. The zero-order valence-electron chi connectivity index (χ0n) is 55.7. The first-order valence-electron chi connectivity index (χ1n) is 30.6. The van der Waals surface area contributed by atoms with E-state index in [1.54, 1.807) is 12.1 Å². The molecular formula is C73H112O6Si2. The summed E-state index contributed by atoms with van der Waals surface area (Å²) in [6.07, 6.45) is 8.67. The minimum Gasteiger partial charge on any atom is -0.508 e. The van der Waals surface area contributed by atoms with E-state index in [0.717, 1.165) is 73.8 Å². The molecular weight excluding hydrogens is 1030 g/mol. The predicted octanol–water partition coefficient (Wildman–Crippen LogP) is 20.6. The normalized spacial score (nSPS) is 13.8. The highest BCUT2D eigenvalue weighted by Crippen LogP contribution is 2.45. The van der Waals surface area contributed by atoms with Crippen molar-refractivity contribution in [2.75, 3.05) is 7.11 Å². The highest BCUT2D eigenvalue weighted by Gasteiger charge is 2.43. The number of esters is 1. The summed E-state index contributed by atoms with van der Waals surface area (Å²) in [5.41, 5.74) is 14.6. The van der Waals surface area contributed by atoms with E-state index in [4.69, 9.17) is 18.3 Å². The van der Waals surface area contributed by atoms with Crippen LogP contribution < -0.4 is 4.74 Å². The monoisotopic (exact) mass is 1140 g/mol. The van der Waals surface area contributed by atoms with Gasteiger partial charge in [0.25, 0.3) is 0 Å². The average Bonchev–Trinajstić information content (AvgIpc) is 3.53. The molecule has 0 aliphatic rings. The first-order chi connectivity index (χ1) is 37.4. The van der Waals surface area contributed by atoms with Crippen LogP contribution in [0.3, 0.4) is 0 Å². The molecule has 0 heterocycles. The van der Waals surface area contributed by atoms with Crippen LogP contribution in [0.15, 0.2) is 97.1 Å². The molecule has 81 heavy (non-hydrogen) atoms. The van der Waals surface area contributed by atoms with E-state index < -0.39 is 16.6 Å². The molecule has 5 rings (SSSR count).